The molecule has 0 saturated carbocycles. The highest BCUT2D eigenvalue weighted by Gasteiger charge is 2.18. The zero-order valence-electron chi connectivity index (χ0n) is 6.55. The van der Waals surface area contributed by atoms with Gasteiger partial charge in [0.2, 0.25) is 0 Å². The molecule has 1 aliphatic rings. The van der Waals surface area contributed by atoms with Crippen LogP contribution in [0.5, 0.6) is 0 Å². The normalized spacial score (nSPS) is 27.6. The van der Waals surface area contributed by atoms with Crippen molar-refractivity contribution in [3.63, 3.8) is 0 Å². The Hall–Kier alpha value is -0.120. The van der Waals surface area contributed by atoms with Crippen LogP contribution >= 0.6 is 0 Å². The number of methoxy groups -OCH3 is 1. The summed E-state index contributed by atoms with van der Waals surface area (Å²) in [5.41, 5.74) is 0. The van der Waals surface area contributed by atoms with Crippen LogP contribution in [-0.2, 0) is 4.74 Å². The summed E-state index contributed by atoms with van der Waals surface area (Å²) >= 11 is 0. The number of ether oxygens (including phenoxy) is 1. The molecule has 3 heteroatoms. The highest BCUT2D eigenvalue weighted by Crippen LogP contribution is 2.16. The summed E-state index contributed by atoms with van der Waals surface area (Å²) in [6, 6.07) is 0. The van der Waals surface area contributed by atoms with E-state index in [1.54, 1.807) is 7.11 Å². The highest BCUT2D eigenvalue weighted by molar-refractivity contribution is 4.70. The molecule has 60 valence electrons. The molecule has 0 aromatic carbocycles. The van der Waals surface area contributed by atoms with Gasteiger partial charge in [0.05, 0.1) is 0 Å². The molecular formula is C7H16N2O. The van der Waals surface area contributed by atoms with E-state index in [0.717, 1.165) is 32.0 Å². The van der Waals surface area contributed by atoms with Gasteiger partial charge in [-0.3, -0.25) is 5.84 Å². The molecule has 0 aromatic rings. The topological polar surface area (TPSA) is 38.5 Å². The number of nitrogens with two attached hydrogens (primary N) is 1. The molecule has 1 rings (SSSR count). The van der Waals surface area contributed by atoms with Gasteiger partial charge in [-0.15, -0.1) is 0 Å². The molecule has 10 heavy (non-hydrogen) atoms. The van der Waals surface area contributed by atoms with Crippen molar-refractivity contribution in [1.29, 1.82) is 0 Å². The Morgan fingerprint density at radius 2 is 2.50 bits per heavy atom. The predicted octanol–water partition coefficient (Wildman–Crippen LogP) is 0.219. The quantitative estimate of drug-likeness (QED) is 0.576. The maximum atomic E-state index is 5.59. The first kappa shape index (κ1) is 7.98. The maximum Gasteiger partial charge on any atom is 0.0465 e. The van der Waals surface area contributed by atoms with Crippen LogP contribution in [0.3, 0.4) is 0 Å². The van der Waals surface area contributed by atoms with Crippen molar-refractivity contribution in [2.24, 2.45) is 11.8 Å². The standard InChI is InChI=1S/C7H16N2O/c1-10-5-3-7-2-4-9(8)6-7/h7H,2-6,8H2,1H3. The molecule has 1 atom stereocenters. The minimum Gasteiger partial charge on any atom is -0.385 e. The smallest absolute Gasteiger partial charge is 0.0465 e. The van der Waals surface area contributed by atoms with E-state index in [1.807, 2.05) is 5.01 Å². The first-order valence-electron chi connectivity index (χ1n) is 3.81. The Bertz CT molecular complexity index is 97.6. The zero-order chi connectivity index (χ0) is 7.40. The molecule has 1 fully saturated rings. The minimum atomic E-state index is 0.768. The van der Waals surface area contributed by atoms with Crippen molar-refractivity contribution in [3.8, 4) is 0 Å². The minimum absolute atomic E-state index is 0.768. The number of hydrazine groups is 1. The average Bonchev–Trinajstić information content (AvgIpc) is 2.31. The van der Waals surface area contributed by atoms with E-state index in [9.17, 15) is 0 Å². The fraction of sp³-hybridized carbons (Fsp3) is 1.00. The number of hydrogen-bond donors (Lipinski definition) is 1. The summed E-state index contributed by atoms with van der Waals surface area (Å²) in [6.45, 7) is 2.97. The Labute approximate surface area is 62.1 Å². The van der Waals surface area contributed by atoms with Crippen LogP contribution in [0.25, 0.3) is 0 Å². The molecule has 1 aliphatic heterocycles. The second-order valence-corrected chi connectivity index (χ2v) is 2.93. The molecule has 3 nitrogen and oxygen atoms in total. The van der Waals surface area contributed by atoms with Crippen LogP contribution in [0.15, 0.2) is 0 Å². The summed E-state index contributed by atoms with van der Waals surface area (Å²) in [6.07, 6.45) is 2.39. The van der Waals surface area contributed by atoms with Crippen LogP contribution in [0.1, 0.15) is 12.8 Å². The van der Waals surface area contributed by atoms with Gasteiger partial charge in [-0.25, -0.2) is 5.01 Å². The Balaban J connectivity index is 2.06. The van der Waals surface area contributed by atoms with Gasteiger partial charge in [-0.1, -0.05) is 0 Å². The van der Waals surface area contributed by atoms with Gasteiger partial charge in [0, 0.05) is 26.8 Å². The predicted molar refractivity (Wildman–Crippen MR) is 40.4 cm³/mol. The van der Waals surface area contributed by atoms with Crippen molar-refractivity contribution < 1.29 is 4.74 Å². The van der Waals surface area contributed by atoms with Gasteiger partial charge < -0.3 is 4.74 Å². The molecular weight excluding hydrogens is 128 g/mol. The van der Waals surface area contributed by atoms with Crippen molar-refractivity contribution in [1.82, 2.24) is 5.01 Å². The van der Waals surface area contributed by atoms with E-state index in [4.69, 9.17) is 10.6 Å². The van der Waals surface area contributed by atoms with Gasteiger partial charge in [-0.05, 0) is 18.8 Å². The molecule has 0 spiro atoms. The summed E-state index contributed by atoms with van der Waals surface area (Å²) in [7, 11) is 1.75. The maximum absolute atomic E-state index is 5.59. The van der Waals surface area contributed by atoms with Crippen molar-refractivity contribution in [2.45, 2.75) is 12.8 Å². The van der Waals surface area contributed by atoms with Crippen LogP contribution in [0.4, 0.5) is 0 Å². The van der Waals surface area contributed by atoms with Crippen LogP contribution < -0.4 is 5.84 Å². The third-order valence-corrected chi connectivity index (χ3v) is 2.05. The van der Waals surface area contributed by atoms with Crippen LogP contribution in [-0.4, -0.2) is 31.8 Å². The molecule has 1 heterocycles. The summed E-state index contributed by atoms with van der Waals surface area (Å²) in [4.78, 5) is 0. The molecule has 0 radical (unpaired) electrons. The van der Waals surface area contributed by atoms with Crippen molar-refractivity contribution in [2.75, 3.05) is 26.8 Å². The van der Waals surface area contributed by atoms with Crippen molar-refractivity contribution in [3.05, 3.63) is 0 Å². The van der Waals surface area contributed by atoms with Crippen molar-refractivity contribution >= 4 is 0 Å². The Kier molecular flexibility index (Phi) is 3.12. The Morgan fingerprint density at radius 1 is 1.70 bits per heavy atom. The number of rotatable bonds is 3. The van der Waals surface area contributed by atoms with E-state index < -0.39 is 0 Å². The molecule has 0 bridgehead atoms. The molecule has 0 aromatic heterocycles. The van der Waals surface area contributed by atoms with Gasteiger partial charge >= 0.3 is 0 Å². The lowest BCUT2D eigenvalue weighted by atomic mass is 10.1. The third kappa shape index (κ3) is 2.25. The fourth-order valence-electron chi connectivity index (χ4n) is 1.38. The lowest BCUT2D eigenvalue weighted by Gasteiger charge is -2.08. The second-order valence-electron chi connectivity index (χ2n) is 2.93. The monoisotopic (exact) mass is 144 g/mol. The van der Waals surface area contributed by atoms with Gasteiger partial charge in [0.25, 0.3) is 0 Å². The molecule has 0 amide bonds. The molecule has 0 aliphatic carbocycles. The SMILES string of the molecule is COCCC1CCN(N)C1. The lowest BCUT2D eigenvalue weighted by Crippen LogP contribution is -2.28. The Morgan fingerprint density at radius 3 is 3.00 bits per heavy atom. The summed E-state index contributed by atoms with van der Waals surface area (Å²) < 4.78 is 4.98. The highest BCUT2D eigenvalue weighted by atomic mass is 16.5. The second kappa shape index (κ2) is 3.91. The van der Waals surface area contributed by atoms with Gasteiger partial charge in [0.1, 0.15) is 0 Å². The molecule has 1 saturated heterocycles. The van der Waals surface area contributed by atoms with Crippen LogP contribution in [0.2, 0.25) is 0 Å². The van der Waals surface area contributed by atoms with Gasteiger partial charge in [0.15, 0.2) is 0 Å². The number of hydrogen-bond acceptors (Lipinski definition) is 3. The van der Waals surface area contributed by atoms with E-state index in [0.29, 0.717) is 0 Å². The first-order chi connectivity index (χ1) is 4.83. The summed E-state index contributed by atoms with van der Waals surface area (Å²) in [5, 5.41) is 1.89. The summed E-state index contributed by atoms with van der Waals surface area (Å²) in [5.74, 6) is 6.36. The zero-order valence-corrected chi connectivity index (χ0v) is 6.55. The van der Waals surface area contributed by atoms with E-state index in [-0.39, 0.29) is 0 Å². The first-order valence-corrected chi connectivity index (χ1v) is 3.81. The van der Waals surface area contributed by atoms with Crippen LogP contribution in [0, 0.1) is 5.92 Å². The van der Waals surface area contributed by atoms with E-state index >= 15 is 0 Å². The third-order valence-electron chi connectivity index (χ3n) is 2.05. The number of nitrogens with zero attached hydrogens (tertiary/aromatic N) is 1. The van der Waals surface area contributed by atoms with E-state index in [1.165, 1.54) is 6.42 Å². The fourth-order valence-corrected chi connectivity index (χ4v) is 1.38. The lowest BCUT2D eigenvalue weighted by molar-refractivity contribution is 0.177. The molecule has 1 unspecified atom stereocenters. The van der Waals surface area contributed by atoms with E-state index in [2.05, 4.69) is 0 Å². The van der Waals surface area contributed by atoms with Gasteiger partial charge in [-0.2, -0.15) is 0 Å². The largest absolute Gasteiger partial charge is 0.385 e. The molecule has 2 N–H and O–H groups in total. The average molecular weight is 144 g/mol.